The van der Waals surface area contributed by atoms with Crippen molar-refractivity contribution in [2.45, 2.75) is 25.4 Å². The molecule has 26 heavy (non-hydrogen) atoms. The summed E-state index contributed by atoms with van der Waals surface area (Å²) in [5, 5.41) is 2.89. The van der Waals surface area contributed by atoms with Crippen LogP contribution in [0.1, 0.15) is 18.4 Å². The maximum Gasteiger partial charge on any atom is 0.239 e. The third-order valence-electron chi connectivity index (χ3n) is 4.92. The van der Waals surface area contributed by atoms with Crippen LogP contribution >= 0.6 is 0 Å². The highest BCUT2D eigenvalue weighted by Gasteiger charge is 2.25. The largest absolute Gasteiger partial charge is 0.352 e. The first kappa shape index (κ1) is 18.8. The van der Waals surface area contributed by atoms with Crippen molar-refractivity contribution < 1.29 is 14.0 Å². The predicted molar refractivity (Wildman–Crippen MR) is 96.9 cm³/mol. The van der Waals surface area contributed by atoms with Crippen LogP contribution in [-0.2, 0) is 16.1 Å². The molecule has 2 fully saturated rings. The number of hydrogen-bond acceptors (Lipinski definition) is 4. The summed E-state index contributed by atoms with van der Waals surface area (Å²) in [6.07, 6.45) is 2.08. The van der Waals surface area contributed by atoms with E-state index in [9.17, 15) is 14.0 Å². The number of carbonyl (C=O) groups is 2. The molecule has 1 aliphatic carbocycles. The summed E-state index contributed by atoms with van der Waals surface area (Å²) < 4.78 is 13.7. The van der Waals surface area contributed by atoms with Gasteiger partial charge in [0.1, 0.15) is 5.82 Å². The molecule has 7 heteroatoms. The van der Waals surface area contributed by atoms with Crippen molar-refractivity contribution in [3.8, 4) is 0 Å². The fraction of sp³-hybridized carbons (Fsp3) is 0.579. The van der Waals surface area contributed by atoms with Gasteiger partial charge in [-0.15, -0.1) is 0 Å². The van der Waals surface area contributed by atoms with Crippen LogP contribution in [0.2, 0.25) is 0 Å². The Morgan fingerprint density at radius 2 is 1.81 bits per heavy atom. The molecule has 142 valence electrons. The van der Waals surface area contributed by atoms with Gasteiger partial charge in [-0.25, -0.2) is 4.39 Å². The van der Waals surface area contributed by atoms with Crippen molar-refractivity contribution >= 4 is 11.8 Å². The number of halogens is 1. The lowest BCUT2D eigenvalue weighted by Gasteiger charge is -2.35. The number of hydrogen-bond donors (Lipinski definition) is 1. The molecule has 1 aliphatic heterocycles. The van der Waals surface area contributed by atoms with E-state index in [4.69, 9.17) is 0 Å². The van der Waals surface area contributed by atoms with Gasteiger partial charge in [-0.2, -0.15) is 0 Å². The standard InChI is InChI=1S/C19H27FN4O2/c1-22(13-18(25)21-16-6-7-16)19(26)14-24-10-8-23(9-11-24)12-15-4-2-3-5-17(15)20/h2-5,16H,6-14H2,1H3,(H,21,25). The summed E-state index contributed by atoms with van der Waals surface area (Å²) in [4.78, 5) is 29.9. The number of amides is 2. The molecule has 2 amide bonds. The lowest BCUT2D eigenvalue weighted by Crippen LogP contribution is -2.50. The highest BCUT2D eigenvalue weighted by Crippen LogP contribution is 2.18. The van der Waals surface area contributed by atoms with Crippen LogP contribution in [0, 0.1) is 5.82 Å². The number of benzene rings is 1. The maximum atomic E-state index is 13.7. The van der Waals surface area contributed by atoms with Gasteiger partial charge < -0.3 is 10.2 Å². The first-order valence-corrected chi connectivity index (χ1v) is 9.22. The zero-order valence-electron chi connectivity index (χ0n) is 15.3. The summed E-state index contributed by atoms with van der Waals surface area (Å²) >= 11 is 0. The van der Waals surface area contributed by atoms with Gasteiger partial charge in [0, 0.05) is 51.4 Å². The second-order valence-electron chi connectivity index (χ2n) is 7.24. The molecule has 0 spiro atoms. The van der Waals surface area contributed by atoms with Gasteiger partial charge in [-0.1, -0.05) is 18.2 Å². The Kier molecular flexibility index (Phi) is 6.21. The Morgan fingerprint density at radius 3 is 2.46 bits per heavy atom. The minimum atomic E-state index is -0.170. The first-order chi connectivity index (χ1) is 12.5. The molecular formula is C19H27FN4O2. The molecule has 6 nitrogen and oxygen atoms in total. The second-order valence-corrected chi connectivity index (χ2v) is 7.24. The highest BCUT2D eigenvalue weighted by molar-refractivity contribution is 5.85. The lowest BCUT2D eigenvalue weighted by atomic mass is 10.2. The van der Waals surface area contributed by atoms with Crippen LogP contribution < -0.4 is 5.32 Å². The molecule has 0 bridgehead atoms. The van der Waals surface area contributed by atoms with Crippen LogP contribution in [0.25, 0.3) is 0 Å². The van der Waals surface area contributed by atoms with Gasteiger partial charge in [-0.05, 0) is 18.9 Å². The third-order valence-corrected chi connectivity index (χ3v) is 4.92. The topological polar surface area (TPSA) is 55.9 Å². The molecule has 0 radical (unpaired) electrons. The smallest absolute Gasteiger partial charge is 0.239 e. The molecule has 1 aromatic carbocycles. The Labute approximate surface area is 153 Å². The van der Waals surface area contributed by atoms with Crippen LogP contribution in [0.4, 0.5) is 4.39 Å². The summed E-state index contributed by atoms with van der Waals surface area (Å²) in [7, 11) is 1.67. The molecule has 0 aromatic heterocycles. The van der Waals surface area contributed by atoms with Crippen molar-refractivity contribution in [2.24, 2.45) is 0 Å². The van der Waals surface area contributed by atoms with Gasteiger partial charge in [0.25, 0.3) is 0 Å². The third kappa shape index (κ3) is 5.51. The molecule has 2 aliphatic rings. The van der Waals surface area contributed by atoms with E-state index >= 15 is 0 Å². The summed E-state index contributed by atoms with van der Waals surface area (Å²) in [5.74, 6) is -0.298. The maximum absolute atomic E-state index is 13.7. The van der Waals surface area contributed by atoms with E-state index in [1.54, 1.807) is 13.1 Å². The lowest BCUT2D eigenvalue weighted by molar-refractivity contribution is -0.136. The molecule has 1 heterocycles. The monoisotopic (exact) mass is 362 g/mol. The van der Waals surface area contributed by atoms with Crippen LogP contribution in [0.3, 0.4) is 0 Å². The predicted octanol–water partition coefficient (Wildman–Crippen LogP) is 0.680. The van der Waals surface area contributed by atoms with E-state index in [2.05, 4.69) is 15.1 Å². The second kappa shape index (κ2) is 8.60. The molecule has 1 N–H and O–H groups in total. The van der Waals surface area contributed by atoms with Crippen LogP contribution in [0.5, 0.6) is 0 Å². The molecule has 3 rings (SSSR count). The summed E-state index contributed by atoms with van der Waals surface area (Å²) in [6.45, 7) is 4.16. The number of piperazine rings is 1. The van der Waals surface area contributed by atoms with Gasteiger partial charge in [0.2, 0.25) is 11.8 Å². The normalized spacial score (nSPS) is 18.5. The fourth-order valence-electron chi connectivity index (χ4n) is 3.09. The van der Waals surface area contributed by atoms with Gasteiger partial charge in [-0.3, -0.25) is 19.4 Å². The van der Waals surface area contributed by atoms with Crippen molar-refractivity contribution in [3.63, 3.8) is 0 Å². The molecule has 0 unspecified atom stereocenters. The highest BCUT2D eigenvalue weighted by atomic mass is 19.1. The average Bonchev–Trinajstić information content (AvgIpc) is 3.42. The SMILES string of the molecule is CN(CC(=O)NC1CC1)C(=O)CN1CCN(Cc2ccccc2F)CC1. The van der Waals surface area contributed by atoms with Crippen molar-refractivity contribution in [3.05, 3.63) is 35.6 Å². The Hall–Kier alpha value is -1.99. The Morgan fingerprint density at radius 1 is 1.15 bits per heavy atom. The first-order valence-electron chi connectivity index (χ1n) is 9.22. The molecule has 1 aromatic rings. The number of nitrogens with one attached hydrogen (secondary N) is 1. The minimum Gasteiger partial charge on any atom is -0.352 e. The summed E-state index contributed by atoms with van der Waals surface area (Å²) in [5.41, 5.74) is 0.707. The molecular weight excluding hydrogens is 335 g/mol. The van der Waals surface area contributed by atoms with E-state index in [1.807, 2.05) is 12.1 Å². The van der Waals surface area contributed by atoms with E-state index in [-0.39, 0.29) is 24.2 Å². The fourth-order valence-corrected chi connectivity index (χ4v) is 3.09. The van der Waals surface area contributed by atoms with Crippen molar-refractivity contribution in [1.82, 2.24) is 20.0 Å². The number of rotatable bonds is 7. The Bertz CT molecular complexity index is 642. The van der Waals surface area contributed by atoms with E-state index in [1.165, 1.54) is 11.0 Å². The quantitative estimate of drug-likeness (QED) is 0.775. The molecule has 1 saturated carbocycles. The van der Waals surface area contributed by atoms with Gasteiger partial charge >= 0.3 is 0 Å². The zero-order chi connectivity index (χ0) is 18.5. The van der Waals surface area contributed by atoms with Gasteiger partial charge in [0.15, 0.2) is 0 Å². The van der Waals surface area contributed by atoms with Crippen LogP contribution in [0.15, 0.2) is 24.3 Å². The van der Waals surface area contributed by atoms with E-state index in [0.29, 0.717) is 24.7 Å². The molecule has 1 saturated heterocycles. The minimum absolute atomic E-state index is 0.0431. The average molecular weight is 362 g/mol. The van der Waals surface area contributed by atoms with Crippen LogP contribution in [-0.4, -0.2) is 78.9 Å². The van der Waals surface area contributed by atoms with Crippen molar-refractivity contribution in [2.75, 3.05) is 46.3 Å². The summed E-state index contributed by atoms with van der Waals surface area (Å²) in [6, 6.07) is 7.16. The Balaban J connectivity index is 1.38. The van der Waals surface area contributed by atoms with Gasteiger partial charge in [0.05, 0.1) is 13.1 Å². The zero-order valence-corrected chi connectivity index (χ0v) is 15.3. The van der Waals surface area contributed by atoms with Crippen molar-refractivity contribution in [1.29, 1.82) is 0 Å². The van der Waals surface area contributed by atoms with E-state index in [0.717, 1.165) is 39.0 Å². The number of nitrogens with zero attached hydrogens (tertiary/aromatic N) is 3. The van der Waals surface area contributed by atoms with E-state index < -0.39 is 0 Å². The molecule has 0 atom stereocenters. The number of carbonyl (C=O) groups excluding carboxylic acids is 2. The number of likely N-dealkylation sites (N-methyl/N-ethyl adjacent to an activating group) is 1.